The quantitative estimate of drug-likeness (QED) is 0.473. The van der Waals surface area contributed by atoms with Crippen LogP contribution in [0.2, 0.25) is 0 Å². The Labute approximate surface area is 179 Å². The third kappa shape index (κ3) is 3.39. The van der Waals surface area contributed by atoms with Crippen LogP contribution in [-0.4, -0.2) is 35.9 Å². The number of anilines is 1. The second-order valence-electron chi connectivity index (χ2n) is 6.82. The molecule has 5 aromatic rings. The van der Waals surface area contributed by atoms with E-state index < -0.39 is 11.7 Å². The van der Waals surface area contributed by atoms with E-state index in [9.17, 15) is 14.0 Å². The lowest BCUT2D eigenvalue weighted by Gasteiger charge is -2.12. The summed E-state index contributed by atoms with van der Waals surface area (Å²) in [7, 11) is 0. The lowest BCUT2D eigenvalue weighted by Crippen LogP contribution is -2.26. The number of benzene rings is 3. The van der Waals surface area contributed by atoms with Crippen molar-refractivity contribution < 1.29 is 9.18 Å². The minimum Gasteiger partial charge on any atom is -0.318 e. The summed E-state index contributed by atoms with van der Waals surface area (Å²) in [6, 6.07) is 19.5. The van der Waals surface area contributed by atoms with Crippen molar-refractivity contribution in [2.75, 3.05) is 5.32 Å². The number of aromatic nitrogens is 6. The highest BCUT2D eigenvalue weighted by atomic mass is 19.1. The second-order valence-corrected chi connectivity index (χ2v) is 6.82. The van der Waals surface area contributed by atoms with Crippen LogP contribution < -0.4 is 10.9 Å². The Hall–Kier alpha value is -4.73. The van der Waals surface area contributed by atoms with Gasteiger partial charge in [-0.3, -0.25) is 9.59 Å². The van der Waals surface area contributed by atoms with Gasteiger partial charge in [-0.05, 0) is 46.8 Å². The molecule has 9 nitrogen and oxygen atoms in total. The maximum absolute atomic E-state index is 14.5. The lowest BCUT2D eigenvalue weighted by atomic mass is 10.1. The van der Waals surface area contributed by atoms with Crippen LogP contribution >= 0.6 is 0 Å². The van der Waals surface area contributed by atoms with Gasteiger partial charge in [-0.2, -0.15) is 9.78 Å². The van der Waals surface area contributed by atoms with E-state index in [1.165, 1.54) is 29.2 Å². The van der Waals surface area contributed by atoms with Crippen molar-refractivity contribution in [3.8, 4) is 11.4 Å². The Morgan fingerprint density at radius 1 is 0.906 bits per heavy atom. The zero-order valence-corrected chi connectivity index (χ0v) is 16.4. The van der Waals surface area contributed by atoms with Crippen molar-refractivity contribution in [2.24, 2.45) is 0 Å². The van der Waals surface area contributed by atoms with E-state index in [4.69, 9.17) is 0 Å². The maximum atomic E-state index is 14.5. The number of amides is 1. The van der Waals surface area contributed by atoms with Gasteiger partial charge in [0.05, 0.1) is 22.4 Å². The van der Waals surface area contributed by atoms with Crippen molar-refractivity contribution in [3.05, 3.63) is 101 Å². The normalized spacial score (nSPS) is 10.9. The molecule has 2 aromatic heterocycles. The van der Waals surface area contributed by atoms with Crippen molar-refractivity contribution in [2.45, 2.75) is 0 Å². The Morgan fingerprint density at radius 2 is 1.66 bits per heavy atom. The second kappa shape index (κ2) is 7.84. The molecule has 1 amide bonds. The van der Waals surface area contributed by atoms with E-state index in [1.807, 2.05) is 6.07 Å². The fourth-order valence-electron chi connectivity index (χ4n) is 3.31. The largest absolute Gasteiger partial charge is 0.318 e. The zero-order chi connectivity index (χ0) is 22.1. The molecule has 156 valence electrons. The molecule has 0 aliphatic rings. The highest BCUT2D eigenvalue weighted by Gasteiger charge is 2.19. The van der Waals surface area contributed by atoms with Crippen LogP contribution in [0.25, 0.3) is 22.1 Å². The number of para-hydroxylation sites is 1. The Bertz CT molecular complexity index is 1500. The van der Waals surface area contributed by atoms with Crippen LogP contribution in [0.3, 0.4) is 0 Å². The average Bonchev–Trinajstić information content (AvgIpc) is 3.36. The van der Waals surface area contributed by atoms with Gasteiger partial charge >= 0.3 is 0 Å². The van der Waals surface area contributed by atoms with Crippen LogP contribution in [0, 0.1) is 5.82 Å². The van der Waals surface area contributed by atoms with Crippen molar-refractivity contribution >= 4 is 22.4 Å². The maximum Gasteiger partial charge on any atom is 0.279 e. The molecule has 1 N–H and O–H groups in total. The molecule has 0 unspecified atom stereocenters. The molecule has 32 heavy (non-hydrogen) atoms. The Balaban J connectivity index is 1.61. The molecule has 5 rings (SSSR count). The summed E-state index contributed by atoms with van der Waals surface area (Å²) in [6.45, 7) is 0. The Kier molecular flexibility index (Phi) is 4.71. The first-order valence-electron chi connectivity index (χ1n) is 9.53. The van der Waals surface area contributed by atoms with E-state index in [1.54, 1.807) is 48.5 Å². The minimum absolute atomic E-state index is 0.0173. The van der Waals surface area contributed by atoms with Gasteiger partial charge in [-0.25, -0.2) is 9.07 Å². The fraction of sp³-hybridized carbons (Fsp3) is 0. The molecule has 0 fully saturated rings. The minimum atomic E-state index is -0.668. The van der Waals surface area contributed by atoms with Crippen LogP contribution in [0.4, 0.5) is 10.1 Å². The summed E-state index contributed by atoms with van der Waals surface area (Å²) >= 11 is 0. The van der Waals surface area contributed by atoms with E-state index in [-0.39, 0.29) is 16.9 Å². The van der Waals surface area contributed by atoms with Gasteiger partial charge in [0, 0.05) is 5.39 Å². The highest BCUT2D eigenvalue weighted by molar-refractivity contribution is 6.11. The molecular formula is C22H14FN7O2. The van der Waals surface area contributed by atoms with Crippen LogP contribution in [0.1, 0.15) is 10.5 Å². The number of rotatable bonds is 4. The van der Waals surface area contributed by atoms with Gasteiger partial charge < -0.3 is 5.32 Å². The molecule has 0 atom stereocenters. The topological polar surface area (TPSA) is 108 Å². The number of halogens is 1. The van der Waals surface area contributed by atoms with Gasteiger partial charge in [0.1, 0.15) is 12.1 Å². The predicted molar refractivity (Wildman–Crippen MR) is 114 cm³/mol. The number of fused-ring (bicyclic) bond motifs is 1. The molecule has 0 aliphatic heterocycles. The van der Waals surface area contributed by atoms with Gasteiger partial charge in [0.25, 0.3) is 11.5 Å². The number of carbonyl (C=O) groups is 1. The summed E-state index contributed by atoms with van der Waals surface area (Å²) < 4.78 is 16.9. The highest BCUT2D eigenvalue weighted by Crippen LogP contribution is 2.21. The third-order valence-corrected chi connectivity index (χ3v) is 4.83. The predicted octanol–water partition coefficient (Wildman–Crippen LogP) is 2.75. The van der Waals surface area contributed by atoms with Crippen molar-refractivity contribution in [3.63, 3.8) is 0 Å². The van der Waals surface area contributed by atoms with Crippen LogP contribution in [-0.2, 0) is 0 Å². The smallest absolute Gasteiger partial charge is 0.279 e. The zero-order valence-electron chi connectivity index (χ0n) is 16.4. The summed E-state index contributed by atoms with van der Waals surface area (Å²) in [6.07, 6.45) is 1.35. The SMILES string of the molecule is O=C(Nc1cc(-n2cnnn2)ccc1F)c1nn(-c2ccccc2)c(=O)c2ccccc12. The van der Waals surface area contributed by atoms with Gasteiger partial charge in [-0.1, -0.05) is 36.4 Å². The molecule has 0 saturated carbocycles. The molecule has 0 spiro atoms. The standard InChI is InChI=1S/C22H14FN7O2/c23-18-11-10-15(29-13-24-27-28-29)12-19(18)25-21(31)20-16-8-4-5-9-17(16)22(32)30(26-20)14-6-2-1-3-7-14/h1-13H,(H,25,31). The molecule has 0 radical (unpaired) electrons. The van der Waals surface area contributed by atoms with E-state index in [2.05, 4.69) is 25.9 Å². The van der Waals surface area contributed by atoms with Crippen LogP contribution in [0.15, 0.2) is 83.9 Å². The monoisotopic (exact) mass is 427 g/mol. The summed E-state index contributed by atoms with van der Waals surface area (Å²) in [5, 5.41) is 18.4. The first-order valence-corrected chi connectivity index (χ1v) is 9.53. The number of hydrogen-bond acceptors (Lipinski definition) is 6. The fourth-order valence-corrected chi connectivity index (χ4v) is 3.31. The molecule has 0 bridgehead atoms. The molecular weight excluding hydrogens is 413 g/mol. The first kappa shape index (κ1) is 19.2. The van der Waals surface area contributed by atoms with Crippen LogP contribution in [0.5, 0.6) is 0 Å². The molecule has 2 heterocycles. The summed E-state index contributed by atoms with van der Waals surface area (Å²) in [4.78, 5) is 26.1. The average molecular weight is 427 g/mol. The van der Waals surface area contributed by atoms with E-state index >= 15 is 0 Å². The first-order chi connectivity index (χ1) is 15.6. The van der Waals surface area contributed by atoms with Gasteiger partial charge in [0.2, 0.25) is 0 Å². The number of nitrogens with one attached hydrogen (secondary N) is 1. The van der Waals surface area contributed by atoms with Gasteiger partial charge in [0.15, 0.2) is 5.69 Å². The van der Waals surface area contributed by atoms with Gasteiger partial charge in [-0.15, -0.1) is 5.10 Å². The summed E-state index contributed by atoms with van der Waals surface area (Å²) in [5.41, 5.74) is 0.501. The van der Waals surface area contributed by atoms with E-state index in [0.29, 0.717) is 22.1 Å². The molecule has 0 aliphatic carbocycles. The molecule has 10 heteroatoms. The number of nitrogens with zero attached hydrogens (tertiary/aromatic N) is 6. The van der Waals surface area contributed by atoms with E-state index in [0.717, 1.165) is 4.68 Å². The van der Waals surface area contributed by atoms with Crippen molar-refractivity contribution in [1.29, 1.82) is 0 Å². The lowest BCUT2D eigenvalue weighted by molar-refractivity contribution is 0.102. The number of carbonyl (C=O) groups excluding carboxylic acids is 1. The third-order valence-electron chi connectivity index (χ3n) is 4.83. The van der Waals surface area contributed by atoms with Crippen molar-refractivity contribution in [1.82, 2.24) is 30.0 Å². The molecule has 3 aromatic carbocycles. The Morgan fingerprint density at radius 3 is 2.41 bits per heavy atom. The number of hydrogen-bond donors (Lipinski definition) is 1. The summed E-state index contributed by atoms with van der Waals surface area (Å²) in [5.74, 6) is -1.31. The molecule has 0 saturated heterocycles. The number of tetrazole rings is 1.